The van der Waals surface area contributed by atoms with Crippen LogP contribution in [0.5, 0.6) is 0 Å². The normalized spacial score (nSPS) is 9.83. The molecule has 0 atom stereocenters. The summed E-state index contributed by atoms with van der Waals surface area (Å²) in [5.74, 6) is -0.554. The van der Waals surface area contributed by atoms with E-state index in [0.717, 1.165) is 5.56 Å². The Bertz CT molecular complexity index is 312. The van der Waals surface area contributed by atoms with Crippen LogP contribution in [0.15, 0.2) is 22.7 Å². The van der Waals surface area contributed by atoms with Crippen LogP contribution >= 0.6 is 27.5 Å². The fourth-order valence-electron chi connectivity index (χ4n) is 0.815. The SMILES string of the molecule is O=C(O)c1ccc(CCl)cc1Br. The van der Waals surface area contributed by atoms with Gasteiger partial charge in [-0.25, -0.2) is 4.79 Å². The van der Waals surface area contributed by atoms with Crippen LogP contribution in [0.3, 0.4) is 0 Å². The number of hydrogen-bond acceptors (Lipinski definition) is 1. The molecule has 2 nitrogen and oxygen atoms in total. The summed E-state index contributed by atoms with van der Waals surface area (Å²) >= 11 is 8.71. The van der Waals surface area contributed by atoms with Crippen molar-refractivity contribution in [2.75, 3.05) is 0 Å². The van der Waals surface area contributed by atoms with Crippen molar-refractivity contribution in [3.05, 3.63) is 33.8 Å². The molecule has 0 saturated heterocycles. The van der Waals surface area contributed by atoms with E-state index in [4.69, 9.17) is 16.7 Å². The third-order valence-corrected chi connectivity index (χ3v) is 2.38. The fourth-order valence-corrected chi connectivity index (χ4v) is 1.58. The molecular formula is C8H6BrClO2. The number of halogens is 2. The molecule has 1 aromatic rings. The van der Waals surface area contributed by atoms with Crippen LogP contribution in [0.25, 0.3) is 0 Å². The number of benzene rings is 1. The quantitative estimate of drug-likeness (QED) is 0.818. The average molecular weight is 249 g/mol. The third-order valence-electron chi connectivity index (χ3n) is 1.42. The lowest BCUT2D eigenvalue weighted by Crippen LogP contribution is -1.97. The molecule has 1 rings (SSSR count). The highest BCUT2D eigenvalue weighted by molar-refractivity contribution is 9.10. The van der Waals surface area contributed by atoms with E-state index in [0.29, 0.717) is 10.4 Å². The second-order valence-electron chi connectivity index (χ2n) is 2.25. The summed E-state index contributed by atoms with van der Waals surface area (Å²) in [7, 11) is 0. The molecule has 0 fully saturated rings. The molecule has 64 valence electrons. The zero-order chi connectivity index (χ0) is 9.14. The van der Waals surface area contributed by atoms with Crippen LogP contribution in [-0.2, 0) is 5.88 Å². The monoisotopic (exact) mass is 248 g/mol. The summed E-state index contributed by atoms with van der Waals surface area (Å²) in [5, 5.41) is 8.67. The molecule has 1 aromatic carbocycles. The van der Waals surface area contributed by atoms with E-state index >= 15 is 0 Å². The summed E-state index contributed by atoms with van der Waals surface area (Å²) in [6.45, 7) is 0. The van der Waals surface area contributed by atoms with Crippen molar-refractivity contribution >= 4 is 33.5 Å². The Kier molecular flexibility index (Phi) is 3.12. The molecule has 0 aromatic heterocycles. The Morgan fingerprint density at radius 1 is 1.58 bits per heavy atom. The maximum atomic E-state index is 10.6. The Labute approximate surface area is 83.3 Å². The van der Waals surface area contributed by atoms with Gasteiger partial charge in [-0.3, -0.25) is 0 Å². The highest BCUT2D eigenvalue weighted by atomic mass is 79.9. The van der Waals surface area contributed by atoms with E-state index in [-0.39, 0.29) is 5.56 Å². The summed E-state index contributed by atoms with van der Waals surface area (Å²) < 4.78 is 0.563. The maximum Gasteiger partial charge on any atom is 0.336 e. The number of carboxylic acids is 1. The van der Waals surface area contributed by atoms with Gasteiger partial charge in [0, 0.05) is 10.4 Å². The second kappa shape index (κ2) is 3.92. The van der Waals surface area contributed by atoms with Gasteiger partial charge in [-0.05, 0) is 33.6 Å². The highest BCUT2D eigenvalue weighted by Crippen LogP contribution is 2.19. The van der Waals surface area contributed by atoms with E-state index in [9.17, 15) is 4.79 Å². The number of carbonyl (C=O) groups is 1. The largest absolute Gasteiger partial charge is 0.478 e. The molecule has 12 heavy (non-hydrogen) atoms. The Morgan fingerprint density at radius 3 is 2.67 bits per heavy atom. The lowest BCUT2D eigenvalue weighted by molar-refractivity contribution is 0.0696. The van der Waals surface area contributed by atoms with Crippen LogP contribution < -0.4 is 0 Å². The first-order valence-corrected chi connectivity index (χ1v) is 4.55. The van der Waals surface area contributed by atoms with E-state index in [1.165, 1.54) is 6.07 Å². The standard InChI is InChI=1S/C8H6BrClO2/c9-7-3-5(4-10)1-2-6(7)8(11)12/h1-3H,4H2,(H,11,12). The molecule has 0 spiro atoms. The molecule has 1 N–H and O–H groups in total. The number of alkyl halides is 1. The third kappa shape index (κ3) is 1.99. The van der Waals surface area contributed by atoms with Gasteiger partial charge in [-0.15, -0.1) is 11.6 Å². The summed E-state index contributed by atoms with van der Waals surface area (Å²) in [6, 6.07) is 4.93. The van der Waals surface area contributed by atoms with E-state index in [1.807, 2.05) is 0 Å². The molecule has 0 amide bonds. The van der Waals surface area contributed by atoms with Crippen molar-refractivity contribution in [1.82, 2.24) is 0 Å². The van der Waals surface area contributed by atoms with Crippen molar-refractivity contribution in [1.29, 1.82) is 0 Å². The lowest BCUT2D eigenvalue weighted by Gasteiger charge is -2.00. The molecule has 0 aliphatic carbocycles. The molecule has 0 saturated carbocycles. The molecule has 0 heterocycles. The Morgan fingerprint density at radius 2 is 2.25 bits per heavy atom. The molecule has 4 heteroatoms. The lowest BCUT2D eigenvalue weighted by atomic mass is 10.1. The zero-order valence-corrected chi connectivity index (χ0v) is 8.39. The van der Waals surface area contributed by atoms with Crippen LogP contribution in [0.4, 0.5) is 0 Å². The predicted octanol–water partition coefficient (Wildman–Crippen LogP) is 2.89. The first kappa shape index (κ1) is 9.55. The van der Waals surface area contributed by atoms with Gasteiger partial charge in [0.05, 0.1) is 5.56 Å². The topological polar surface area (TPSA) is 37.3 Å². The van der Waals surface area contributed by atoms with Crippen molar-refractivity contribution in [2.45, 2.75) is 5.88 Å². The summed E-state index contributed by atoms with van der Waals surface area (Å²) in [4.78, 5) is 10.6. The second-order valence-corrected chi connectivity index (χ2v) is 3.37. The van der Waals surface area contributed by atoms with Gasteiger partial charge in [-0.1, -0.05) is 6.07 Å². The number of carboxylic acid groups (broad SMARTS) is 1. The minimum Gasteiger partial charge on any atom is -0.478 e. The van der Waals surface area contributed by atoms with Crippen molar-refractivity contribution in [3.8, 4) is 0 Å². The average Bonchev–Trinajstić information content (AvgIpc) is 2.03. The van der Waals surface area contributed by atoms with Gasteiger partial charge in [0.1, 0.15) is 0 Å². The van der Waals surface area contributed by atoms with Crippen molar-refractivity contribution < 1.29 is 9.90 Å². The van der Waals surface area contributed by atoms with Gasteiger partial charge in [-0.2, -0.15) is 0 Å². The Hall–Kier alpha value is -0.540. The molecule has 0 bridgehead atoms. The van der Waals surface area contributed by atoms with E-state index < -0.39 is 5.97 Å². The number of hydrogen-bond donors (Lipinski definition) is 1. The minimum absolute atomic E-state index is 0.254. The van der Waals surface area contributed by atoms with Gasteiger partial charge in [0.25, 0.3) is 0 Å². The van der Waals surface area contributed by atoms with Crippen LogP contribution in [-0.4, -0.2) is 11.1 Å². The van der Waals surface area contributed by atoms with E-state index in [2.05, 4.69) is 15.9 Å². The molecular weight excluding hydrogens is 243 g/mol. The number of aromatic carboxylic acids is 1. The van der Waals surface area contributed by atoms with E-state index in [1.54, 1.807) is 12.1 Å². The van der Waals surface area contributed by atoms with Gasteiger partial charge in [0.15, 0.2) is 0 Å². The maximum absolute atomic E-state index is 10.6. The van der Waals surface area contributed by atoms with Crippen LogP contribution in [0.2, 0.25) is 0 Å². The molecule has 0 radical (unpaired) electrons. The minimum atomic E-state index is -0.942. The van der Waals surface area contributed by atoms with Crippen LogP contribution in [0.1, 0.15) is 15.9 Å². The number of rotatable bonds is 2. The van der Waals surface area contributed by atoms with Gasteiger partial charge >= 0.3 is 5.97 Å². The Balaban J connectivity index is 3.12. The first-order valence-electron chi connectivity index (χ1n) is 3.23. The molecule has 0 aliphatic rings. The van der Waals surface area contributed by atoms with Gasteiger partial charge in [0.2, 0.25) is 0 Å². The summed E-state index contributed by atoms with van der Waals surface area (Å²) in [5.41, 5.74) is 1.15. The van der Waals surface area contributed by atoms with Crippen molar-refractivity contribution in [2.24, 2.45) is 0 Å². The van der Waals surface area contributed by atoms with Gasteiger partial charge < -0.3 is 5.11 Å². The molecule has 0 aliphatic heterocycles. The smallest absolute Gasteiger partial charge is 0.336 e. The highest BCUT2D eigenvalue weighted by Gasteiger charge is 2.07. The van der Waals surface area contributed by atoms with Crippen molar-refractivity contribution in [3.63, 3.8) is 0 Å². The fraction of sp³-hybridized carbons (Fsp3) is 0.125. The zero-order valence-electron chi connectivity index (χ0n) is 6.05. The first-order chi connectivity index (χ1) is 5.65. The predicted molar refractivity (Wildman–Crippen MR) is 50.7 cm³/mol. The summed E-state index contributed by atoms with van der Waals surface area (Å²) in [6.07, 6.45) is 0. The molecule has 0 unspecified atom stereocenters. The van der Waals surface area contributed by atoms with Crippen LogP contribution in [0, 0.1) is 0 Å².